The fraction of sp³-hybridized carbons (Fsp3) is 0.938. The third-order valence-corrected chi connectivity index (χ3v) is 4.68. The number of nitrogens with zero attached hydrogens (tertiary/aromatic N) is 2. The van der Waals surface area contributed by atoms with E-state index >= 15 is 0 Å². The van der Waals surface area contributed by atoms with Gasteiger partial charge in [-0.25, -0.2) is 0 Å². The Bertz CT molecular complexity index is 300. The van der Waals surface area contributed by atoms with Gasteiger partial charge in [0.1, 0.15) is 0 Å². The van der Waals surface area contributed by atoms with Crippen molar-refractivity contribution in [2.75, 3.05) is 32.7 Å². The van der Waals surface area contributed by atoms with Gasteiger partial charge >= 0.3 is 0 Å². The number of hydrogen-bond acceptors (Lipinski definition) is 3. The Labute approximate surface area is 123 Å². The Kier molecular flexibility index (Phi) is 6.30. The van der Waals surface area contributed by atoms with Crippen LogP contribution in [-0.4, -0.2) is 54.5 Å². The maximum absolute atomic E-state index is 12.1. The molecule has 4 heteroatoms. The van der Waals surface area contributed by atoms with Crippen molar-refractivity contribution < 1.29 is 4.79 Å². The highest BCUT2D eigenvalue weighted by atomic mass is 16.2. The van der Waals surface area contributed by atoms with Gasteiger partial charge in [-0.2, -0.15) is 0 Å². The van der Waals surface area contributed by atoms with Crippen molar-refractivity contribution in [1.29, 1.82) is 0 Å². The summed E-state index contributed by atoms with van der Waals surface area (Å²) in [6, 6.07) is -0.0240. The molecule has 1 saturated carbocycles. The molecule has 1 unspecified atom stereocenters. The molecule has 0 aromatic carbocycles. The molecule has 0 bridgehead atoms. The van der Waals surface area contributed by atoms with E-state index in [-0.39, 0.29) is 11.9 Å². The Morgan fingerprint density at radius 2 is 1.85 bits per heavy atom. The summed E-state index contributed by atoms with van der Waals surface area (Å²) >= 11 is 0. The zero-order valence-corrected chi connectivity index (χ0v) is 13.0. The predicted molar refractivity (Wildman–Crippen MR) is 82.5 cm³/mol. The first-order valence-corrected chi connectivity index (χ1v) is 8.41. The zero-order chi connectivity index (χ0) is 14.4. The van der Waals surface area contributed by atoms with Crippen molar-refractivity contribution in [3.63, 3.8) is 0 Å². The van der Waals surface area contributed by atoms with Gasteiger partial charge in [-0.3, -0.25) is 4.79 Å². The first kappa shape index (κ1) is 15.8. The molecule has 1 atom stereocenters. The van der Waals surface area contributed by atoms with Crippen LogP contribution in [0.1, 0.15) is 51.9 Å². The summed E-state index contributed by atoms with van der Waals surface area (Å²) in [6.45, 7) is 7.14. The molecular weight excluding hydrogens is 250 g/mol. The minimum atomic E-state index is -0.0240. The third-order valence-electron chi connectivity index (χ3n) is 4.68. The summed E-state index contributed by atoms with van der Waals surface area (Å²) in [5, 5.41) is 0. The van der Waals surface area contributed by atoms with E-state index in [1.807, 2.05) is 11.8 Å². The summed E-state index contributed by atoms with van der Waals surface area (Å²) in [5.41, 5.74) is 5.73. The van der Waals surface area contributed by atoms with E-state index in [4.69, 9.17) is 5.73 Å². The fourth-order valence-corrected chi connectivity index (χ4v) is 3.54. The van der Waals surface area contributed by atoms with Crippen LogP contribution >= 0.6 is 0 Å². The van der Waals surface area contributed by atoms with Gasteiger partial charge in [0.15, 0.2) is 0 Å². The summed E-state index contributed by atoms with van der Waals surface area (Å²) in [6.07, 6.45) is 8.67. The SMILES string of the molecule is CC(N)CC(=O)N1CCCN(CC2CCCCC2)CC1. The van der Waals surface area contributed by atoms with Crippen molar-refractivity contribution >= 4 is 5.91 Å². The number of amides is 1. The average Bonchev–Trinajstić information content (AvgIpc) is 2.65. The molecular formula is C16H31N3O. The van der Waals surface area contributed by atoms with Gasteiger partial charge in [0.25, 0.3) is 0 Å². The standard InChI is InChI=1S/C16H31N3O/c1-14(17)12-16(20)19-9-5-8-18(10-11-19)13-15-6-3-2-4-7-15/h14-15H,2-13,17H2,1H3. The smallest absolute Gasteiger partial charge is 0.224 e. The maximum Gasteiger partial charge on any atom is 0.224 e. The molecule has 0 spiro atoms. The van der Waals surface area contributed by atoms with Crippen LogP contribution in [0, 0.1) is 5.92 Å². The van der Waals surface area contributed by atoms with E-state index < -0.39 is 0 Å². The highest BCUT2D eigenvalue weighted by molar-refractivity contribution is 5.76. The van der Waals surface area contributed by atoms with Crippen LogP contribution in [0.5, 0.6) is 0 Å². The monoisotopic (exact) mass is 281 g/mol. The van der Waals surface area contributed by atoms with Crippen molar-refractivity contribution in [2.24, 2.45) is 11.7 Å². The quantitative estimate of drug-likeness (QED) is 0.855. The number of carbonyl (C=O) groups is 1. The lowest BCUT2D eigenvalue weighted by atomic mass is 9.89. The summed E-state index contributed by atoms with van der Waals surface area (Å²) in [7, 11) is 0. The Balaban J connectivity index is 1.75. The third kappa shape index (κ3) is 5.06. The molecule has 0 radical (unpaired) electrons. The Hall–Kier alpha value is -0.610. The van der Waals surface area contributed by atoms with Crippen LogP contribution in [0.3, 0.4) is 0 Å². The average molecular weight is 281 g/mol. The van der Waals surface area contributed by atoms with E-state index in [2.05, 4.69) is 4.90 Å². The lowest BCUT2D eigenvalue weighted by Crippen LogP contribution is -2.38. The van der Waals surface area contributed by atoms with Crippen LogP contribution in [0.25, 0.3) is 0 Å². The molecule has 2 rings (SSSR count). The summed E-state index contributed by atoms with van der Waals surface area (Å²) in [4.78, 5) is 16.7. The van der Waals surface area contributed by atoms with E-state index in [0.717, 1.165) is 38.5 Å². The molecule has 4 nitrogen and oxygen atoms in total. The lowest BCUT2D eigenvalue weighted by molar-refractivity contribution is -0.131. The molecule has 2 N–H and O–H groups in total. The van der Waals surface area contributed by atoms with Crippen LogP contribution in [-0.2, 0) is 4.79 Å². The number of rotatable bonds is 4. The van der Waals surface area contributed by atoms with Gasteiger partial charge < -0.3 is 15.5 Å². The number of nitrogens with two attached hydrogens (primary N) is 1. The van der Waals surface area contributed by atoms with Crippen LogP contribution in [0.2, 0.25) is 0 Å². The fourth-order valence-electron chi connectivity index (χ4n) is 3.54. The van der Waals surface area contributed by atoms with Crippen molar-refractivity contribution in [3.05, 3.63) is 0 Å². The van der Waals surface area contributed by atoms with Gasteiger partial charge in [0, 0.05) is 38.6 Å². The first-order valence-electron chi connectivity index (χ1n) is 8.41. The molecule has 2 fully saturated rings. The van der Waals surface area contributed by atoms with Crippen LogP contribution in [0.15, 0.2) is 0 Å². The number of hydrogen-bond donors (Lipinski definition) is 1. The molecule has 1 amide bonds. The van der Waals surface area contributed by atoms with Gasteiger partial charge in [0.05, 0.1) is 0 Å². The maximum atomic E-state index is 12.1. The highest BCUT2D eigenvalue weighted by Gasteiger charge is 2.22. The van der Waals surface area contributed by atoms with E-state index in [0.29, 0.717) is 6.42 Å². The molecule has 0 aromatic heterocycles. The minimum absolute atomic E-state index is 0.0240. The van der Waals surface area contributed by atoms with E-state index in [1.54, 1.807) is 0 Å². The normalized spacial score (nSPS) is 24.4. The van der Waals surface area contributed by atoms with Crippen LogP contribution in [0.4, 0.5) is 0 Å². The van der Waals surface area contributed by atoms with Gasteiger partial charge in [-0.15, -0.1) is 0 Å². The second kappa shape index (κ2) is 7.99. The van der Waals surface area contributed by atoms with Gasteiger partial charge in [0.2, 0.25) is 5.91 Å². The van der Waals surface area contributed by atoms with Gasteiger partial charge in [-0.05, 0) is 38.6 Å². The van der Waals surface area contributed by atoms with Gasteiger partial charge in [-0.1, -0.05) is 19.3 Å². The van der Waals surface area contributed by atoms with Crippen molar-refractivity contribution in [1.82, 2.24) is 9.80 Å². The predicted octanol–water partition coefficient (Wildman–Crippen LogP) is 1.84. The Morgan fingerprint density at radius 1 is 1.10 bits per heavy atom. The first-order chi connectivity index (χ1) is 9.65. The molecule has 1 saturated heterocycles. The molecule has 116 valence electrons. The second-order valence-corrected chi connectivity index (χ2v) is 6.72. The largest absolute Gasteiger partial charge is 0.341 e. The topological polar surface area (TPSA) is 49.6 Å². The zero-order valence-electron chi connectivity index (χ0n) is 13.0. The summed E-state index contributed by atoms with van der Waals surface area (Å²) < 4.78 is 0. The lowest BCUT2D eigenvalue weighted by Gasteiger charge is -2.28. The van der Waals surface area contributed by atoms with E-state index in [9.17, 15) is 4.79 Å². The summed E-state index contributed by atoms with van der Waals surface area (Å²) in [5.74, 6) is 1.13. The Morgan fingerprint density at radius 3 is 2.55 bits per heavy atom. The molecule has 0 aromatic rings. The molecule has 1 aliphatic heterocycles. The van der Waals surface area contributed by atoms with E-state index in [1.165, 1.54) is 38.6 Å². The van der Waals surface area contributed by atoms with Crippen molar-refractivity contribution in [2.45, 2.75) is 57.9 Å². The van der Waals surface area contributed by atoms with Crippen molar-refractivity contribution in [3.8, 4) is 0 Å². The van der Waals surface area contributed by atoms with Crippen LogP contribution < -0.4 is 5.73 Å². The molecule has 1 heterocycles. The molecule has 1 aliphatic carbocycles. The minimum Gasteiger partial charge on any atom is -0.341 e. The molecule has 20 heavy (non-hydrogen) atoms. The molecule has 2 aliphatic rings. The second-order valence-electron chi connectivity index (χ2n) is 6.72. The highest BCUT2D eigenvalue weighted by Crippen LogP contribution is 2.24. The number of carbonyl (C=O) groups excluding carboxylic acids is 1.